The van der Waals surface area contributed by atoms with Gasteiger partial charge in [0.15, 0.2) is 0 Å². The lowest BCUT2D eigenvalue weighted by Gasteiger charge is -2.32. The SMILES string of the molecule is O=C(NC1CCN(C(=O)c2cccn2Cc2ccccc2)CC1)c1ccccc1. The zero-order valence-electron chi connectivity index (χ0n) is 16.3. The molecule has 2 aromatic carbocycles. The minimum absolute atomic E-state index is 0.0490. The van der Waals surface area contributed by atoms with Crippen LogP contribution < -0.4 is 5.32 Å². The normalized spacial score (nSPS) is 14.6. The van der Waals surface area contributed by atoms with E-state index in [1.54, 1.807) is 0 Å². The Morgan fingerprint density at radius 2 is 1.52 bits per heavy atom. The molecule has 2 amide bonds. The third-order valence-electron chi connectivity index (χ3n) is 5.40. The summed E-state index contributed by atoms with van der Waals surface area (Å²) in [5.74, 6) is 0.00545. The average molecular weight is 387 g/mol. The van der Waals surface area contributed by atoms with Gasteiger partial charge in [0.25, 0.3) is 11.8 Å². The van der Waals surface area contributed by atoms with E-state index in [4.69, 9.17) is 0 Å². The predicted octanol–water partition coefficient (Wildman–Crippen LogP) is 3.57. The summed E-state index contributed by atoms with van der Waals surface area (Å²) in [4.78, 5) is 27.3. The molecule has 0 radical (unpaired) electrons. The van der Waals surface area contributed by atoms with Crippen molar-refractivity contribution in [2.24, 2.45) is 0 Å². The summed E-state index contributed by atoms with van der Waals surface area (Å²) in [7, 11) is 0. The molecule has 0 aliphatic carbocycles. The summed E-state index contributed by atoms with van der Waals surface area (Å²) in [6, 6.07) is 23.3. The maximum absolute atomic E-state index is 13.0. The molecule has 1 aromatic heterocycles. The van der Waals surface area contributed by atoms with E-state index < -0.39 is 0 Å². The highest BCUT2D eigenvalue weighted by atomic mass is 16.2. The van der Waals surface area contributed by atoms with Crippen molar-refractivity contribution >= 4 is 11.8 Å². The van der Waals surface area contributed by atoms with Crippen molar-refractivity contribution in [3.05, 3.63) is 95.8 Å². The molecule has 0 atom stereocenters. The molecule has 148 valence electrons. The summed E-state index contributed by atoms with van der Waals surface area (Å²) in [5, 5.41) is 3.09. The van der Waals surface area contributed by atoms with Crippen molar-refractivity contribution in [1.82, 2.24) is 14.8 Å². The Hall–Kier alpha value is -3.34. The van der Waals surface area contributed by atoms with E-state index in [1.807, 2.05) is 76.3 Å². The van der Waals surface area contributed by atoms with Crippen molar-refractivity contribution in [2.75, 3.05) is 13.1 Å². The number of hydrogen-bond donors (Lipinski definition) is 1. The van der Waals surface area contributed by atoms with Crippen LogP contribution in [0.4, 0.5) is 0 Å². The van der Waals surface area contributed by atoms with E-state index in [9.17, 15) is 9.59 Å². The van der Waals surface area contributed by atoms with Crippen LogP contribution in [0, 0.1) is 0 Å². The maximum Gasteiger partial charge on any atom is 0.270 e. The van der Waals surface area contributed by atoms with Gasteiger partial charge in [-0.3, -0.25) is 9.59 Å². The Kier molecular flexibility index (Phi) is 5.75. The zero-order chi connectivity index (χ0) is 20.1. The Labute approximate surface area is 171 Å². The highest BCUT2D eigenvalue weighted by molar-refractivity contribution is 5.94. The van der Waals surface area contributed by atoms with Gasteiger partial charge in [-0.2, -0.15) is 0 Å². The van der Waals surface area contributed by atoms with Gasteiger partial charge in [-0.05, 0) is 42.7 Å². The number of amides is 2. The van der Waals surface area contributed by atoms with Gasteiger partial charge in [0.05, 0.1) is 0 Å². The summed E-state index contributed by atoms with van der Waals surface area (Å²) in [6.07, 6.45) is 3.49. The quantitative estimate of drug-likeness (QED) is 0.728. The Bertz CT molecular complexity index is 958. The van der Waals surface area contributed by atoms with Crippen LogP contribution in [0.2, 0.25) is 0 Å². The Morgan fingerprint density at radius 3 is 2.21 bits per heavy atom. The van der Waals surface area contributed by atoms with Crippen molar-refractivity contribution < 1.29 is 9.59 Å². The number of piperidine rings is 1. The monoisotopic (exact) mass is 387 g/mol. The number of rotatable bonds is 5. The first-order valence-corrected chi connectivity index (χ1v) is 10.0. The summed E-state index contributed by atoms with van der Waals surface area (Å²) >= 11 is 0. The van der Waals surface area contributed by atoms with Crippen LogP contribution in [0.1, 0.15) is 39.3 Å². The standard InChI is InChI=1S/C24H25N3O2/c28-23(20-10-5-2-6-11-20)25-21-13-16-26(17-14-21)24(29)22-12-7-15-27(22)18-19-8-3-1-4-9-19/h1-12,15,21H,13-14,16-18H2,(H,25,28). The van der Waals surface area contributed by atoms with Crippen molar-refractivity contribution in [1.29, 1.82) is 0 Å². The number of nitrogens with zero attached hydrogens (tertiary/aromatic N) is 2. The molecule has 1 N–H and O–H groups in total. The molecular formula is C24H25N3O2. The second kappa shape index (κ2) is 8.78. The zero-order valence-corrected chi connectivity index (χ0v) is 16.3. The molecule has 29 heavy (non-hydrogen) atoms. The number of likely N-dealkylation sites (tertiary alicyclic amines) is 1. The van der Waals surface area contributed by atoms with Crippen LogP contribution in [0.5, 0.6) is 0 Å². The smallest absolute Gasteiger partial charge is 0.270 e. The van der Waals surface area contributed by atoms with E-state index in [-0.39, 0.29) is 17.9 Å². The third kappa shape index (κ3) is 4.57. The molecule has 1 saturated heterocycles. The van der Waals surface area contributed by atoms with Crippen LogP contribution in [0.25, 0.3) is 0 Å². The number of carbonyl (C=O) groups excluding carboxylic acids is 2. The molecular weight excluding hydrogens is 362 g/mol. The molecule has 3 aromatic rings. The largest absolute Gasteiger partial charge is 0.349 e. The van der Waals surface area contributed by atoms with Gasteiger partial charge in [-0.1, -0.05) is 48.5 Å². The highest BCUT2D eigenvalue weighted by Crippen LogP contribution is 2.16. The molecule has 4 rings (SSSR count). The summed E-state index contributed by atoms with van der Waals surface area (Å²) in [5.41, 5.74) is 2.55. The minimum atomic E-state index is -0.0490. The first-order chi connectivity index (χ1) is 14.2. The molecule has 0 spiro atoms. The van der Waals surface area contributed by atoms with Crippen LogP contribution in [-0.4, -0.2) is 40.4 Å². The van der Waals surface area contributed by atoms with E-state index in [0.29, 0.717) is 30.9 Å². The minimum Gasteiger partial charge on any atom is -0.349 e. The molecule has 0 unspecified atom stereocenters. The van der Waals surface area contributed by atoms with E-state index in [1.165, 1.54) is 5.56 Å². The fourth-order valence-electron chi connectivity index (χ4n) is 3.77. The molecule has 1 aliphatic rings. The van der Waals surface area contributed by atoms with Crippen molar-refractivity contribution in [2.45, 2.75) is 25.4 Å². The van der Waals surface area contributed by atoms with Crippen LogP contribution in [0.3, 0.4) is 0 Å². The molecule has 0 saturated carbocycles. The van der Waals surface area contributed by atoms with Gasteiger partial charge in [0.2, 0.25) is 0 Å². The van der Waals surface area contributed by atoms with Gasteiger partial charge in [-0.25, -0.2) is 0 Å². The van der Waals surface area contributed by atoms with Crippen LogP contribution in [0.15, 0.2) is 79.0 Å². The van der Waals surface area contributed by atoms with E-state index in [0.717, 1.165) is 12.8 Å². The number of aromatic nitrogens is 1. The van der Waals surface area contributed by atoms with Crippen LogP contribution >= 0.6 is 0 Å². The average Bonchev–Trinajstić information content (AvgIpc) is 3.23. The molecule has 2 heterocycles. The lowest BCUT2D eigenvalue weighted by atomic mass is 10.0. The molecule has 0 bridgehead atoms. The van der Waals surface area contributed by atoms with Crippen molar-refractivity contribution in [3.63, 3.8) is 0 Å². The number of carbonyl (C=O) groups is 2. The number of benzene rings is 2. The van der Waals surface area contributed by atoms with Gasteiger partial charge in [0, 0.05) is 37.4 Å². The van der Waals surface area contributed by atoms with Crippen LogP contribution in [-0.2, 0) is 6.54 Å². The number of nitrogens with one attached hydrogen (secondary N) is 1. The number of hydrogen-bond acceptors (Lipinski definition) is 2. The highest BCUT2D eigenvalue weighted by Gasteiger charge is 2.26. The molecule has 5 heteroatoms. The molecule has 1 aliphatic heterocycles. The second-order valence-corrected chi connectivity index (χ2v) is 7.41. The van der Waals surface area contributed by atoms with Crippen molar-refractivity contribution in [3.8, 4) is 0 Å². The summed E-state index contributed by atoms with van der Waals surface area (Å²) < 4.78 is 2.00. The first kappa shape index (κ1) is 19.0. The van der Waals surface area contributed by atoms with E-state index >= 15 is 0 Å². The fraction of sp³-hybridized carbons (Fsp3) is 0.250. The lowest BCUT2D eigenvalue weighted by Crippen LogP contribution is -2.46. The van der Waals surface area contributed by atoms with Gasteiger partial charge in [0.1, 0.15) is 5.69 Å². The van der Waals surface area contributed by atoms with Gasteiger partial charge >= 0.3 is 0 Å². The van der Waals surface area contributed by atoms with E-state index in [2.05, 4.69) is 17.4 Å². The Morgan fingerprint density at radius 1 is 0.862 bits per heavy atom. The first-order valence-electron chi connectivity index (χ1n) is 10.0. The Balaban J connectivity index is 1.34. The van der Waals surface area contributed by atoms with Gasteiger partial charge < -0.3 is 14.8 Å². The second-order valence-electron chi connectivity index (χ2n) is 7.41. The predicted molar refractivity (Wildman–Crippen MR) is 113 cm³/mol. The summed E-state index contributed by atoms with van der Waals surface area (Å²) in [6.45, 7) is 1.97. The topological polar surface area (TPSA) is 54.3 Å². The van der Waals surface area contributed by atoms with Gasteiger partial charge in [-0.15, -0.1) is 0 Å². The lowest BCUT2D eigenvalue weighted by molar-refractivity contribution is 0.0688. The molecule has 5 nitrogen and oxygen atoms in total. The maximum atomic E-state index is 13.0. The fourth-order valence-corrected chi connectivity index (χ4v) is 3.77. The third-order valence-corrected chi connectivity index (χ3v) is 5.40. The molecule has 1 fully saturated rings.